The number of nitrogens with one attached hydrogen (secondary N) is 2. The second-order valence-electron chi connectivity index (χ2n) is 8.16. The normalized spacial score (nSPS) is 22.4. The van der Waals surface area contributed by atoms with Gasteiger partial charge in [-0.15, -0.1) is 0 Å². The van der Waals surface area contributed by atoms with Gasteiger partial charge in [-0.05, 0) is 49.6 Å². The maximum atomic E-state index is 5.30. The number of methoxy groups -OCH3 is 1. The van der Waals surface area contributed by atoms with Gasteiger partial charge in [-0.2, -0.15) is 0 Å². The van der Waals surface area contributed by atoms with Crippen molar-refractivity contribution in [1.82, 2.24) is 15.5 Å². The number of guanidine groups is 1. The lowest BCUT2D eigenvalue weighted by atomic mass is 9.67. The summed E-state index contributed by atoms with van der Waals surface area (Å²) >= 11 is 0. The van der Waals surface area contributed by atoms with E-state index in [4.69, 9.17) is 4.74 Å². The van der Waals surface area contributed by atoms with Crippen molar-refractivity contribution < 1.29 is 4.74 Å². The molecular weight excluding hydrogens is 336 g/mol. The minimum Gasteiger partial charge on any atom is -0.385 e. The van der Waals surface area contributed by atoms with E-state index < -0.39 is 0 Å². The van der Waals surface area contributed by atoms with Crippen molar-refractivity contribution in [3.05, 3.63) is 35.9 Å². The number of rotatable bonds is 9. The van der Waals surface area contributed by atoms with Gasteiger partial charge in [-0.1, -0.05) is 36.8 Å². The molecule has 0 radical (unpaired) electrons. The molecule has 5 nitrogen and oxygen atoms in total. The molecule has 1 heterocycles. The van der Waals surface area contributed by atoms with Crippen molar-refractivity contribution in [2.24, 2.45) is 10.4 Å². The zero-order valence-electron chi connectivity index (χ0n) is 17.0. The summed E-state index contributed by atoms with van der Waals surface area (Å²) in [6.45, 7) is 5.03. The fourth-order valence-electron chi connectivity index (χ4n) is 4.37. The summed E-state index contributed by atoms with van der Waals surface area (Å²) < 4.78 is 5.30. The number of ether oxygens (including phenoxy) is 1. The number of benzene rings is 1. The molecule has 1 aromatic carbocycles. The highest BCUT2D eigenvalue weighted by atomic mass is 16.5. The van der Waals surface area contributed by atoms with Crippen LogP contribution in [0.5, 0.6) is 0 Å². The Hall–Kier alpha value is -1.59. The summed E-state index contributed by atoms with van der Waals surface area (Å²) in [6.07, 6.45) is 7.62. The molecule has 0 spiro atoms. The first kappa shape index (κ1) is 20.2. The monoisotopic (exact) mass is 372 g/mol. The van der Waals surface area contributed by atoms with Crippen LogP contribution >= 0.6 is 0 Å². The van der Waals surface area contributed by atoms with E-state index in [0.29, 0.717) is 11.5 Å². The van der Waals surface area contributed by atoms with E-state index in [0.717, 1.165) is 38.6 Å². The van der Waals surface area contributed by atoms with E-state index in [9.17, 15) is 0 Å². The molecule has 1 saturated heterocycles. The van der Waals surface area contributed by atoms with Crippen molar-refractivity contribution in [3.63, 3.8) is 0 Å². The van der Waals surface area contributed by atoms with E-state index in [1.807, 2.05) is 7.05 Å². The Balaban J connectivity index is 1.44. The number of aliphatic imine (C=N–C) groups is 1. The predicted molar refractivity (Wildman–Crippen MR) is 112 cm³/mol. The molecule has 150 valence electrons. The molecule has 1 aliphatic heterocycles. The van der Waals surface area contributed by atoms with Crippen LogP contribution in [0, 0.1) is 5.41 Å². The number of likely N-dealkylation sites (tertiary alicyclic amines) is 1. The van der Waals surface area contributed by atoms with Gasteiger partial charge in [-0.3, -0.25) is 9.89 Å². The van der Waals surface area contributed by atoms with Gasteiger partial charge in [0.2, 0.25) is 0 Å². The standard InChI is InChI=1S/C22H36N4O/c1-23-21(25-18-22(11-7-12-22)13-15-27-2)24-16-20-10-6-14-26(20)17-19-8-4-3-5-9-19/h3-5,8-9,20H,6-7,10-18H2,1-2H3,(H2,23,24,25). The first-order chi connectivity index (χ1) is 13.2. The van der Waals surface area contributed by atoms with Crippen molar-refractivity contribution >= 4 is 5.96 Å². The summed E-state index contributed by atoms with van der Waals surface area (Å²) in [6, 6.07) is 11.4. The van der Waals surface area contributed by atoms with Gasteiger partial charge in [0, 0.05) is 46.4 Å². The Kier molecular flexibility index (Phi) is 7.53. The number of hydrogen-bond donors (Lipinski definition) is 2. The average Bonchev–Trinajstić information content (AvgIpc) is 3.10. The fraction of sp³-hybridized carbons (Fsp3) is 0.682. The van der Waals surface area contributed by atoms with Crippen LogP contribution in [0.2, 0.25) is 0 Å². The lowest BCUT2D eigenvalue weighted by molar-refractivity contribution is 0.0732. The third kappa shape index (κ3) is 5.69. The smallest absolute Gasteiger partial charge is 0.191 e. The SMILES string of the molecule is CN=C(NCC1CCCN1Cc1ccccc1)NCC1(CCOC)CCC1. The maximum Gasteiger partial charge on any atom is 0.191 e. The highest BCUT2D eigenvalue weighted by Gasteiger charge is 2.36. The largest absolute Gasteiger partial charge is 0.385 e. The van der Waals surface area contributed by atoms with Crippen molar-refractivity contribution in [2.45, 2.75) is 51.1 Å². The predicted octanol–water partition coefficient (Wildman–Crippen LogP) is 3.02. The zero-order valence-corrected chi connectivity index (χ0v) is 17.0. The zero-order chi connectivity index (χ0) is 19.0. The fourth-order valence-corrected chi connectivity index (χ4v) is 4.37. The lowest BCUT2D eigenvalue weighted by Gasteiger charge is -2.42. The van der Waals surface area contributed by atoms with E-state index in [1.165, 1.54) is 44.2 Å². The van der Waals surface area contributed by atoms with Crippen LogP contribution in [-0.4, -0.2) is 57.3 Å². The summed E-state index contributed by atoms with van der Waals surface area (Å²) in [7, 11) is 3.66. The molecule has 0 bridgehead atoms. The van der Waals surface area contributed by atoms with Crippen LogP contribution in [-0.2, 0) is 11.3 Å². The summed E-state index contributed by atoms with van der Waals surface area (Å²) in [4.78, 5) is 7.04. The van der Waals surface area contributed by atoms with Crippen LogP contribution in [0.15, 0.2) is 35.3 Å². The quantitative estimate of drug-likeness (QED) is 0.517. The highest BCUT2D eigenvalue weighted by molar-refractivity contribution is 5.79. The van der Waals surface area contributed by atoms with Gasteiger partial charge in [-0.25, -0.2) is 0 Å². The van der Waals surface area contributed by atoms with Gasteiger partial charge in [0.15, 0.2) is 5.96 Å². The molecular formula is C22H36N4O. The second kappa shape index (κ2) is 10.1. The van der Waals surface area contributed by atoms with Crippen molar-refractivity contribution in [2.75, 3.05) is 40.4 Å². The molecule has 1 saturated carbocycles. The average molecular weight is 373 g/mol. The summed E-state index contributed by atoms with van der Waals surface area (Å²) in [5, 5.41) is 7.14. The van der Waals surface area contributed by atoms with Crippen LogP contribution < -0.4 is 10.6 Å². The topological polar surface area (TPSA) is 48.9 Å². The molecule has 2 N–H and O–H groups in total. The first-order valence-electron chi connectivity index (χ1n) is 10.5. The van der Waals surface area contributed by atoms with Gasteiger partial charge in [0.05, 0.1) is 0 Å². The molecule has 1 aliphatic carbocycles. The molecule has 1 unspecified atom stereocenters. The number of nitrogens with zero attached hydrogens (tertiary/aromatic N) is 2. The molecule has 0 aromatic heterocycles. The molecule has 1 atom stereocenters. The first-order valence-corrected chi connectivity index (χ1v) is 10.5. The van der Waals surface area contributed by atoms with Crippen LogP contribution in [0.3, 0.4) is 0 Å². The van der Waals surface area contributed by atoms with Gasteiger partial charge in [0.25, 0.3) is 0 Å². The van der Waals surface area contributed by atoms with Gasteiger partial charge < -0.3 is 15.4 Å². The van der Waals surface area contributed by atoms with Crippen LogP contribution in [0.25, 0.3) is 0 Å². The molecule has 3 rings (SSSR count). The molecule has 5 heteroatoms. The Morgan fingerprint density at radius 1 is 1.22 bits per heavy atom. The third-order valence-corrected chi connectivity index (χ3v) is 6.34. The van der Waals surface area contributed by atoms with E-state index in [2.05, 4.69) is 50.9 Å². The minimum atomic E-state index is 0.403. The molecule has 0 amide bonds. The van der Waals surface area contributed by atoms with E-state index in [1.54, 1.807) is 7.11 Å². The van der Waals surface area contributed by atoms with E-state index in [-0.39, 0.29) is 0 Å². The second-order valence-corrected chi connectivity index (χ2v) is 8.16. The van der Waals surface area contributed by atoms with Crippen molar-refractivity contribution in [3.8, 4) is 0 Å². The van der Waals surface area contributed by atoms with Crippen LogP contribution in [0.1, 0.15) is 44.1 Å². The highest BCUT2D eigenvalue weighted by Crippen LogP contribution is 2.43. The lowest BCUT2D eigenvalue weighted by Crippen LogP contribution is -2.49. The minimum absolute atomic E-state index is 0.403. The summed E-state index contributed by atoms with van der Waals surface area (Å²) in [5.41, 5.74) is 1.80. The molecule has 2 fully saturated rings. The molecule has 27 heavy (non-hydrogen) atoms. The Morgan fingerprint density at radius 3 is 2.70 bits per heavy atom. The van der Waals surface area contributed by atoms with E-state index >= 15 is 0 Å². The Labute approximate surface area is 164 Å². The molecule has 1 aromatic rings. The van der Waals surface area contributed by atoms with Crippen LogP contribution in [0.4, 0.5) is 0 Å². The Morgan fingerprint density at radius 2 is 2.04 bits per heavy atom. The maximum absolute atomic E-state index is 5.30. The Bertz CT molecular complexity index is 585. The van der Waals surface area contributed by atoms with Gasteiger partial charge in [0.1, 0.15) is 0 Å². The van der Waals surface area contributed by atoms with Gasteiger partial charge >= 0.3 is 0 Å². The number of hydrogen-bond acceptors (Lipinski definition) is 3. The summed E-state index contributed by atoms with van der Waals surface area (Å²) in [5.74, 6) is 0.935. The van der Waals surface area contributed by atoms with Crippen molar-refractivity contribution in [1.29, 1.82) is 0 Å². The molecule has 2 aliphatic rings. The third-order valence-electron chi connectivity index (χ3n) is 6.34.